The van der Waals surface area contributed by atoms with Gasteiger partial charge < -0.3 is 14.8 Å². The van der Waals surface area contributed by atoms with Gasteiger partial charge in [0.2, 0.25) is 5.88 Å². The standard InChI is InChI=1S/C12H13N3O3S/c1-17-10-4-3-8(5-13-10)6-14-12-15-9(7-19-12)11(16)18-2/h3-5,7H,6H2,1-2H3,(H,14,15). The summed E-state index contributed by atoms with van der Waals surface area (Å²) in [7, 11) is 2.90. The average molecular weight is 279 g/mol. The van der Waals surface area contributed by atoms with Crippen LogP contribution in [0.3, 0.4) is 0 Å². The van der Waals surface area contributed by atoms with Crippen LogP contribution in [0.15, 0.2) is 23.7 Å². The van der Waals surface area contributed by atoms with Gasteiger partial charge in [0, 0.05) is 24.2 Å². The summed E-state index contributed by atoms with van der Waals surface area (Å²) in [5, 5.41) is 5.43. The first-order valence-electron chi connectivity index (χ1n) is 5.49. The number of nitrogens with one attached hydrogen (secondary N) is 1. The lowest BCUT2D eigenvalue weighted by molar-refractivity contribution is 0.0595. The van der Waals surface area contributed by atoms with Gasteiger partial charge in [-0.3, -0.25) is 0 Å². The predicted molar refractivity (Wildman–Crippen MR) is 71.6 cm³/mol. The lowest BCUT2D eigenvalue weighted by atomic mass is 10.3. The first-order valence-corrected chi connectivity index (χ1v) is 6.37. The molecule has 0 aliphatic carbocycles. The molecule has 2 aromatic rings. The Kier molecular flexibility index (Phi) is 4.30. The third kappa shape index (κ3) is 3.41. The number of pyridine rings is 1. The molecule has 0 fully saturated rings. The molecule has 0 amide bonds. The van der Waals surface area contributed by atoms with E-state index in [0.29, 0.717) is 23.3 Å². The molecule has 6 nitrogen and oxygen atoms in total. The van der Waals surface area contributed by atoms with Gasteiger partial charge in [-0.25, -0.2) is 14.8 Å². The number of rotatable bonds is 5. The molecular formula is C12H13N3O3S. The highest BCUT2D eigenvalue weighted by Gasteiger charge is 2.10. The van der Waals surface area contributed by atoms with E-state index in [-0.39, 0.29) is 0 Å². The van der Waals surface area contributed by atoms with E-state index in [1.807, 2.05) is 6.07 Å². The second kappa shape index (κ2) is 6.14. The highest BCUT2D eigenvalue weighted by molar-refractivity contribution is 7.13. The molecule has 0 unspecified atom stereocenters. The summed E-state index contributed by atoms with van der Waals surface area (Å²) >= 11 is 1.35. The minimum atomic E-state index is -0.435. The first kappa shape index (κ1) is 13.3. The Labute approximate surface area is 114 Å². The molecule has 0 aliphatic heterocycles. The minimum absolute atomic E-state index is 0.308. The zero-order valence-corrected chi connectivity index (χ0v) is 11.4. The van der Waals surface area contributed by atoms with E-state index >= 15 is 0 Å². The summed E-state index contributed by atoms with van der Waals surface area (Å²) in [6, 6.07) is 3.70. The Hall–Kier alpha value is -2.15. The van der Waals surface area contributed by atoms with E-state index in [1.54, 1.807) is 24.8 Å². The second-order valence-electron chi connectivity index (χ2n) is 3.59. The van der Waals surface area contributed by atoms with Crippen molar-refractivity contribution >= 4 is 22.4 Å². The summed E-state index contributed by atoms with van der Waals surface area (Å²) in [5.41, 5.74) is 1.30. The number of thiazole rings is 1. The number of hydrogen-bond donors (Lipinski definition) is 1. The second-order valence-corrected chi connectivity index (χ2v) is 4.45. The molecule has 0 saturated heterocycles. The van der Waals surface area contributed by atoms with E-state index in [9.17, 15) is 4.79 Å². The number of anilines is 1. The number of ether oxygens (including phenoxy) is 2. The van der Waals surface area contributed by atoms with Gasteiger partial charge in [-0.05, 0) is 5.56 Å². The molecule has 0 bridgehead atoms. The van der Waals surface area contributed by atoms with Crippen LogP contribution >= 0.6 is 11.3 Å². The topological polar surface area (TPSA) is 73.3 Å². The fraction of sp³-hybridized carbons (Fsp3) is 0.250. The van der Waals surface area contributed by atoms with E-state index < -0.39 is 5.97 Å². The van der Waals surface area contributed by atoms with Gasteiger partial charge in [-0.15, -0.1) is 11.3 Å². The minimum Gasteiger partial charge on any atom is -0.481 e. The molecule has 1 N–H and O–H groups in total. The number of hydrogen-bond acceptors (Lipinski definition) is 7. The van der Waals surface area contributed by atoms with Crippen molar-refractivity contribution in [2.75, 3.05) is 19.5 Å². The Morgan fingerprint density at radius 2 is 2.26 bits per heavy atom. The summed E-state index contributed by atoms with van der Waals surface area (Å²) < 4.78 is 9.57. The largest absolute Gasteiger partial charge is 0.481 e. The van der Waals surface area contributed by atoms with Crippen LogP contribution in [0.5, 0.6) is 5.88 Å². The maximum atomic E-state index is 11.2. The third-order valence-electron chi connectivity index (χ3n) is 2.35. The van der Waals surface area contributed by atoms with Crippen LogP contribution in [-0.2, 0) is 11.3 Å². The van der Waals surface area contributed by atoms with Crippen molar-refractivity contribution in [3.8, 4) is 5.88 Å². The Morgan fingerprint density at radius 3 is 2.89 bits per heavy atom. The van der Waals surface area contributed by atoms with E-state index in [1.165, 1.54) is 18.4 Å². The highest BCUT2D eigenvalue weighted by Crippen LogP contribution is 2.17. The molecule has 0 spiro atoms. The average Bonchev–Trinajstić information content (AvgIpc) is 2.93. The summed E-state index contributed by atoms with van der Waals surface area (Å²) in [6.07, 6.45) is 1.72. The van der Waals surface area contributed by atoms with E-state index in [0.717, 1.165) is 5.56 Å². The maximum absolute atomic E-state index is 11.2. The van der Waals surface area contributed by atoms with Crippen molar-refractivity contribution in [3.63, 3.8) is 0 Å². The SMILES string of the molecule is COC(=O)c1csc(NCc2ccc(OC)nc2)n1. The number of methoxy groups -OCH3 is 2. The summed E-state index contributed by atoms with van der Waals surface area (Å²) in [4.78, 5) is 19.5. The Balaban J connectivity index is 1.94. The lowest BCUT2D eigenvalue weighted by Gasteiger charge is -2.03. The molecule has 0 saturated carbocycles. The highest BCUT2D eigenvalue weighted by atomic mass is 32.1. The Bertz CT molecular complexity index is 554. The number of aromatic nitrogens is 2. The zero-order valence-electron chi connectivity index (χ0n) is 10.5. The number of esters is 1. The van der Waals surface area contributed by atoms with Crippen molar-refractivity contribution in [1.29, 1.82) is 0 Å². The molecule has 2 heterocycles. The van der Waals surface area contributed by atoms with Crippen LogP contribution in [0, 0.1) is 0 Å². The molecule has 0 aromatic carbocycles. The van der Waals surface area contributed by atoms with Crippen LogP contribution in [-0.4, -0.2) is 30.2 Å². The fourth-order valence-corrected chi connectivity index (χ4v) is 2.05. The Morgan fingerprint density at radius 1 is 1.42 bits per heavy atom. The van der Waals surface area contributed by atoms with Crippen LogP contribution in [0.25, 0.3) is 0 Å². The van der Waals surface area contributed by atoms with Gasteiger partial charge in [0.25, 0.3) is 0 Å². The predicted octanol–water partition coefficient (Wildman–Crippen LogP) is 1.95. The molecule has 0 aliphatic rings. The van der Waals surface area contributed by atoms with Crippen LogP contribution in [0.4, 0.5) is 5.13 Å². The van der Waals surface area contributed by atoms with Crippen molar-refractivity contribution in [1.82, 2.24) is 9.97 Å². The third-order valence-corrected chi connectivity index (χ3v) is 3.15. The fourth-order valence-electron chi connectivity index (χ4n) is 1.37. The normalized spacial score (nSPS) is 10.0. The zero-order chi connectivity index (χ0) is 13.7. The monoisotopic (exact) mass is 279 g/mol. The number of carbonyl (C=O) groups is 1. The first-order chi connectivity index (χ1) is 9.22. The van der Waals surface area contributed by atoms with Crippen molar-refractivity contribution < 1.29 is 14.3 Å². The number of nitrogens with zero attached hydrogens (tertiary/aromatic N) is 2. The van der Waals surface area contributed by atoms with Crippen molar-refractivity contribution in [2.24, 2.45) is 0 Å². The van der Waals surface area contributed by atoms with Crippen molar-refractivity contribution in [3.05, 3.63) is 35.0 Å². The maximum Gasteiger partial charge on any atom is 0.357 e. The van der Waals surface area contributed by atoms with Gasteiger partial charge in [0.1, 0.15) is 0 Å². The summed E-state index contributed by atoms with van der Waals surface area (Å²) in [5.74, 6) is 0.140. The van der Waals surface area contributed by atoms with Crippen molar-refractivity contribution in [2.45, 2.75) is 6.54 Å². The smallest absolute Gasteiger partial charge is 0.357 e. The van der Waals surface area contributed by atoms with E-state index in [2.05, 4.69) is 20.0 Å². The van der Waals surface area contributed by atoms with Crippen LogP contribution < -0.4 is 10.1 Å². The van der Waals surface area contributed by atoms with Gasteiger partial charge >= 0.3 is 5.97 Å². The molecule has 2 aromatic heterocycles. The van der Waals surface area contributed by atoms with E-state index in [4.69, 9.17) is 4.74 Å². The molecule has 100 valence electrons. The molecule has 0 atom stereocenters. The van der Waals surface area contributed by atoms with Gasteiger partial charge in [0.05, 0.1) is 14.2 Å². The molecule has 2 rings (SSSR count). The quantitative estimate of drug-likeness (QED) is 0.843. The summed E-state index contributed by atoms with van der Waals surface area (Å²) in [6.45, 7) is 0.575. The lowest BCUT2D eigenvalue weighted by Crippen LogP contribution is -2.03. The van der Waals surface area contributed by atoms with Crippen LogP contribution in [0.2, 0.25) is 0 Å². The molecule has 19 heavy (non-hydrogen) atoms. The molecular weight excluding hydrogens is 266 g/mol. The molecule has 7 heteroatoms. The van der Waals surface area contributed by atoms with Crippen LogP contribution in [0.1, 0.15) is 16.1 Å². The molecule has 0 radical (unpaired) electrons. The van der Waals surface area contributed by atoms with Gasteiger partial charge in [-0.1, -0.05) is 6.07 Å². The van der Waals surface area contributed by atoms with Gasteiger partial charge in [0.15, 0.2) is 10.8 Å². The number of carbonyl (C=O) groups excluding carboxylic acids is 1. The van der Waals surface area contributed by atoms with Gasteiger partial charge in [-0.2, -0.15) is 0 Å².